The smallest absolute Gasteiger partial charge is 0.183 e. The number of methoxy groups -OCH3 is 2. The SMILES string of the molecule is COc1ccnc(CNCCSc2ccccc2)c1OC. The molecule has 0 atom stereocenters. The number of nitrogens with zero attached hydrogens (tertiary/aromatic N) is 1. The van der Waals surface area contributed by atoms with Crippen LogP contribution in [0.2, 0.25) is 0 Å². The molecule has 1 N–H and O–H groups in total. The van der Waals surface area contributed by atoms with Gasteiger partial charge in [0.2, 0.25) is 0 Å². The number of hydrogen-bond donors (Lipinski definition) is 1. The summed E-state index contributed by atoms with van der Waals surface area (Å²) in [6.45, 7) is 1.57. The minimum Gasteiger partial charge on any atom is -0.493 e. The van der Waals surface area contributed by atoms with E-state index in [4.69, 9.17) is 9.47 Å². The van der Waals surface area contributed by atoms with Gasteiger partial charge in [-0.15, -0.1) is 11.8 Å². The van der Waals surface area contributed by atoms with E-state index < -0.39 is 0 Å². The molecule has 21 heavy (non-hydrogen) atoms. The summed E-state index contributed by atoms with van der Waals surface area (Å²) in [6, 6.07) is 12.2. The highest BCUT2D eigenvalue weighted by Gasteiger charge is 2.10. The Balaban J connectivity index is 1.78. The molecule has 0 saturated carbocycles. The van der Waals surface area contributed by atoms with Crippen LogP contribution in [0.15, 0.2) is 47.5 Å². The van der Waals surface area contributed by atoms with Gasteiger partial charge in [-0.05, 0) is 12.1 Å². The molecule has 2 aromatic rings. The molecule has 0 aliphatic rings. The molecular formula is C16H20N2O2S. The molecule has 1 heterocycles. The molecule has 0 aliphatic heterocycles. The maximum absolute atomic E-state index is 5.36. The summed E-state index contributed by atoms with van der Waals surface area (Å²) in [5, 5.41) is 3.38. The summed E-state index contributed by atoms with van der Waals surface area (Å²) in [5.74, 6) is 2.42. The maximum Gasteiger partial charge on any atom is 0.183 e. The average Bonchev–Trinajstić information content (AvgIpc) is 2.55. The van der Waals surface area contributed by atoms with Crippen LogP contribution in [0.3, 0.4) is 0 Å². The molecule has 2 rings (SSSR count). The largest absolute Gasteiger partial charge is 0.493 e. The Hall–Kier alpha value is -1.72. The number of pyridine rings is 1. The first-order chi connectivity index (χ1) is 10.3. The van der Waals surface area contributed by atoms with E-state index in [1.165, 1.54) is 4.90 Å². The van der Waals surface area contributed by atoms with Gasteiger partial charge in [0, 0.05) is 36.0 Å². The molecule has 0 amide bonds. The number of thioether (sulfide) groups is 1. The Morgan fingerprint density at radius 1 is 1.10 bits per heavy atom. The Morgan fingerprint density at radius 3 is 2.62 bits per heavy atom. The second-order valence-electron chi connectivity index (χ2n) is 4.33. The van der Waals surface area contributed by atoms with Gasteiger partial charge in [0.1, 0.15) is 0 Å². The highest BCUT2D eigenvalue weighted by Crippen LogP contribution is 2.28. The molecule has 0 fully saturated rings. The quantitative estimate of drug-likeness (QED) is 0.600. The third-order valence-electron chi connectivity index (χ3n) is 2.95. The zero-order valence-corrected chi connectivity index (χ0v) is 13.2. The van der Waals surface area contributed by atoms with Crippen LogP contribution in [-0.2, 0) is 6.54 Å². The second-order valence-corrected chi connectivity index (χ2v) is 5.50. The van der Waals surface area contributed by atoms with Gasteiger partial charge < -0.3 is 14.8 Å². The number of ether oxygens (including phenoxy) is 2. The van der Waals surface area contributed by atoms with Crippen LogP contribution in [-0.4, -0.2) is 31.5 Å². The fourth-order valence-corrected chi connectivity index (χ4v) is 2.77. The molecule has 4 nitrogen and oxygen atoms in total. The van der Waals surface area contributed by atoms with Crippen molar-refractivity contribution < 1.29 is 9.47 Å². The van der Waals surface area contributed by atoms with Gasteiger partial charge >= 0.3 is 0 Å². The topological polar surface area (TPSA) is 43.4 Å². The zero-order chi connectivity index (χ0) is 14.9. The Bertz CT molecular complexity index is 549. The van der Waals surface area contributed by atoms with E-state index in [9.17, 15) is 0 Å². The molecule has 0 aliphatic carbocycles. The van der Waals surface area contributed by atoms with E-state index in [-0.39, 0.29) is 0 Å². The summed E-state index contributed by atoms with van der Waals surface area (Å²) < 4.78 is 10.6. The summed E-state index contributed by atoms with van der Waals surface area (Å²) in [7, 11) is 3.26. The fourth-order valence-electron chi connectivity index (χ4n) is 1.94. The molecule has 0 unspecified atom stereocenters. The van der Waals surface area contributed by atoms with Crippen LogP contribution >= 0.6 is 11.8 Å². The lowest BCUT2D eigenvalue weighted by Crippen LogP contribution is -2.18. The van der Waals surface area contributed by atoms with Crippen LogP contribution in [0.1, 0.15) is 5.69 Å². The standard InChI is InChI=1S/C16H20N2O2S/c1-19-15-8-9-18-14(16(15)20-2)12-17-10-11-21-13-6-4-3-5-7-13/h3-9,17H,10-12H2,1-2H3. The molecule has 0 radical (unpaired) electrons. The Morgan fingerprint density at radius 2 is 1.90 bits per heavy atom. The average molecular weight is 304 g/mol. The van der Waals surface area contributed by atoms with Crippen molar-refractivity contribution in [1.82, 2.24) is 10.3 Å². The first-order valence-corrected chi connectivity index (χ1v) is 7.78. The summed E-state index contributed by atoms with van der Waals surface area (Å²) in [6.07, 6.45) is 1.73. The second kappa shape index (κ2) is 8.54. The monoisotopic (exact) mass is 304 g/mol. The van der Waals surface area contributed by atoms with Crippen LogP contribution in [0.5, 0.6) is 11.5 Å². The molecule has 1 aromatic carbocycles. The van der Waals surface area contributed by atoms with E-state index in [2.05, 4.69) is 34.6 Å². The molecule has 112 valence electrons. The van der Waals surface area contributed by atoms with E-state index >= 15 is 0 Å². The van der Waals surface area contributed by atoms with E-state index in [1.54, 1.807) is 26.5 Å². The van der Waals surface area contributed by atoms with Crippen LogP contribution < -0.4 is 14.8 Å². The van der Waals surface area contributed by atoms with Crippen molar-refractivity contribution in [3.05, 3.63) is 48.3 Å². The van der Waals surface area contributed by atoms with Crippen molar-refractivity contribution in [3.8, 4) is 11.5 Å². The molecule has 0 spiro atoms. The van der Waals surface area contributed by atoms with Crippen molar-refractivity contribution >= 4 is 11.8 Å². The third-order valence-corrected chi connectivity index (χ3v) is 3.96. The number of rotatable bonds is 8. The molecule has 1 aromatic heterocycles. The highest BCUT2D eigenvalue weighted by molar-refractivity contribution is 7.99. The van der Waals surface area contributed by atoms with E-state index in [0.29, 0.717) is 18.0 Å². The molecule has 5 heteroatoms. The molecular weight excluding hydrogens is 284 g/mol. The highest BCUT2D eigenvalue weighted by atomic mass is 32.2. The van der Waals surface area contributed by atoms with Crippen molar-refractivity contribution in [2.45, 2.75) is 11.4 Å². The van der Waals surface area contributed by atoms with Crippen LogP contribution in [0.4, 0.5) is 0 Å². The van der Waals surface area contributed by atoms with Crippen molar-refractivity contribution in [2.24, 2.45) is 0 Å². The summed E-state index contributed by atoms with van der Waals surface area (Å²) >= 11 is 1.83. The lowest BCUT2D eigenvalue weighted by molar-refractivity contribution is 0.348. The fraction of sp³-hybridized carbons (Fsp3) is 0.312. The van der Waals surface area contributed by atoms with Gasteiger partial charge in [-0.3, -0.25) is 4.98 Å². The minimum atomic E-state index is 0.662. The zero-order valence-electron chi connectivity index (χ0n) is 12.3. The maximum atomic E-state index is 5.36. The Kier molecular flexibility index (Phi) is 6.37. The third kappa shape index (κ3) is 4.65. The van der Waals surface area contributed by atoms with Crippen LogP contribution in [0, 0.1) is 0 Å². The van der Waals surface area contributed by atoms with Crippen molar-refractivity contribution in [2.75, 3.05) is 26.5 Å². The summed E-state index contributed by atoms with van der Waals surface area (Å²) in [5.41, 5.74) is 0.863. The first kappa shape index (κ1) is 15.7. The lowest BCUT2D eigenvalue weighted by Gasteiger charge is -2.12. The number of aromatic nitrogens is 1. The lowest BCUT2D eigenvalue weighted by atomic mass is 10.3. The molecule has 0 saturated heterocycles. The normalized spacial score (nSPS) is 10.4. The minimum absolute atomic E-state index is 0.662. The van der Waals surface area contributed by atoms with E-state index in [0.717, 1.165) is 18.0 Å². The van der Waals surface area contributed by atoms with Gasteiger partial charge in [0.05, 0.1) is 19.9 Å². The van der Waals surface area contributed by atoms with Gasteiger partial charge in [0.25, 0.3) is 0 Å². The first-order valence-electron chi connectivity index (χ1n) is 6.79. The molecule has 0 bridgehead atoms. The predicted octanol–water partition coefficient (Wildman–Crippen LogP) is 2.98. The van der Waals surface area contributed by atoms with Crippen molar-refractivity contribution in [1.29, 1.82) is 0 Å². The van der Waals surface area contributed by atoms with Gasteiger partial charge in [-0.1, -0.05) is 18.2 Å². The number of benzene rings is 1. The predicted molar refractivity (Wildman–Crippen MR) is 86.2 cm³/mol. The van der Waals surface area contributed by atoms with Gasteiger partial charge in [-0.25, -0.2) is 0 Å². The Labute approximate surface area is 129 Å². The summed E-state index contributed by atoms with van der Waals surface area (Å²) in [4.78, 5) is 5.63. The number of nitrogens with one attached hydrogen (secondary N) is 1. The van der Waals surface area contributed by atoms with E-state index in [1.807, 2.05) is 17.8 Å². The van der Waals surface area contributed by atoms with Gasteiger partial charge in [-0.2, -0.15) is 0 Å². The van der Waals surface area contributed by atoms with Crippen LogP contribution in [0.25, 0.3) is 0 Å². The van der Waals surface area contributed by atoms with Gasteiger partial charge in [0.15, 0.2) is 11.5 Å². The number of hydrogen-bond acceptors (Lipinski definition) is 5. The van der Waals surface area contributed by atoms with Crippen molar-refractivity contribution in [3.63, 3.8) is 0 Å².